The SMILES string of the molecule is COCCCC(NC(=O)Nc1cc(C)ccc1Cl)C(=O)O. The minimum Gasteiger partial charge on any atom is -0.480 e. The number of hydrogen-bond donors (Lipinski definition) is 3. The average molecular weight is 315 g/mol. The summed E-state index contributed by atoms with van der Waals surface area (Å²) in [6, 6.07) is 3.62. The van der Waals surface area contributed by atoms with Gasteiger partial charge in [0.15, 0.2) is 0 Å². The van der Waals surface area contributed by atoms with Crippen molar-refractivity contribution in [2.75, 3.05) is 19.0 Å². The Morgan fingerprint density at radius 2 is 2.14 bits per heavy atom. The van der Waals surface area contributed by atoms with E-state index in [0.717, 1.165) is 5.56 Å². The van der Waals surface area contributed by atoms with Gasteiger partial charge in [-0.3, -0.25) is 0 Å². The molecule has 3 N–H and O–H groups in total. The second-order valence-corrected chi connectivity index (χ2v) is 5.01. The van der Waals surface area contributed by atoms with Gasteiger partial charge in [0.05, 0.1) is 10.7 Å². The van der Waals surface area contributed by atoms with Crippen LogP contribution in [0.2, 0.25) is 5.02 Å². The third-order valence-electron chi connectivity index (χ3n) is 2.81. The second kappa shape index (κ2) is 8.49. The van der Waals surface area contributed by atoms with Crippen LogP contribution in [0.1, 0.15) is 18.4 Å². The van der Waals surface area contributed by atoms with Gasteiger partial charge in [0, 0.05) is 13.7 Å². The molecule has 1 aromatic rings. The first-order valence-corrected chi connectivity index (χ1v) is 6.87. The van der Waals surface area contributed by atoms with Crippen LogP contribution < -0.4 is 10.6 Å². The molecule has 1 atom stereocenters. The Morgan fingerprint density at radius 3 is 2.76 bits per heavy atom. The molecule has 0 radical (unpaired) electrons. The number of amides is 2. The van der Waals surface area contributed by atoms with E-state index in [9.17, 15) is 9.59 Å². The molecule has 7 heteroatoms. The lowest BCUT2D eigenvalue weighted by atomic mass is 10.1. The number of urea groups is 1. The molecule has 21 heavy (non-hydrogen) atoms. The third kappa shape index (κ3) is 6.01. The van der Waals surface area contributed by atoms with E-state index in [0.29, 0.717) is 23.7 Å². The highest BCUT2D eigenvalue weighted by molar-refractivity contribution is 6.33. The summed E-state index contributed by atoms with van der Waals surface area (Å²) in [6.07, 6.45) is 0.830. The summed E-state index contributed by atoms with van der Waals surface area (Å²) < 4.78 is 4.86. The van der Waals surface area contributed by atoms with Crippen LogP contribution in [0.15, 0.2) is 18.2 Å². The number of carboxylic acid groups (broad SMARTS) is 1. The highest BCUT2D eigenvalue weighted by Gasteiger charge is 2.19. The molecule has 1 aromatic carbocycles. The summed E-state index contributed by atoms with van der Waals surface area (Å²) in [6.45, 7) is 2.31. The molecule has 0 aliphatic carbocycles. The van der Waals surface area contributed by atoms with Gasteiger partial charge in [-0.25, -0.2) is 9.59 Å². The van der Waals surface area contributed by atoms with Crippen molar-refractivity contribution in [1.29, 1.82) is 0 Å². The first-order chi connectivity index (χ1) is 9.93. The van der Waals surface area contributed by atoms with Gasteiger partial charge in [-0.2, -0.15) is 0 Å². The van der Waals surface area contributed by atoms with E-state index in [1.807, 2.05) is 13.0 Å². The summed E-state index contributed by atoms with van der Waals surface area (Å²) in [7, 11) is 1.54. The fourth-order valence-electron chi connectivity index (χ4n) is 1.74. The van der Waals surface area contributed by atoms with E-state index < -0.39 is 18.0 Å². The molecule has 2 amide bonds. The van der Waals surface area contributed by atoms with E-state index in [4.69, 9.17) is 21.4 Å². The second-order valence-electron chi connectivity index (χ2n) is 4.61. The van der Waals surface area contributed by atoms with Gasteiger partial charge >= 0.3 is 12.0 Å². The number of halogens is 1. The quantitative estimate of drug-likeness (QED) is 0.675. The number of carbonyl (C=O) groups excluding carboxylic acids is 1. The van der Waals surface area contributed by atoms with Gasteiger partial charge < -0.3 is 20.5 Å². The fourth-order valence-corrected chi connectivity index (χ4v) is 1.91. The van der Waals surface area contributed by atoms with Crippen molar-refractivity contribution >= 4 is 29.3 Å². The maximum absolute atomic E-state index is 11.8. The number of benzene rings is 1. The zero-order valence-electron chi connectivity index (χ0n) is 12.0. The van der Waals surface area contributed by atoms with Gasteiger partial charge in [-0.15, -0.1) is 0 Å². The standard InChI is InChI=1S/C14H19ClN2O4/c1-9-5-6-10(15)12(8-9)17-14(20)16-11(13(18)19)4-3-7-21-2/h5-6,8,11H,3-4,7H2,1-2H3,(H,18,19)(H2,16,17,20). The van der Waals surface area contributed by atoms with Gasteiger partial charge in [-0.05, 0) is 37.5 Å². The average Bonchev–Trinajstić information content (AvgIpc) is 2.42. The van der Waals surface area contributed by atoms with Crippen LogP contribution in [0.4, 0.5) is 10.5 Å². The van der Waals surface area contributed by atoms with Gasteiger partial charge in [-0.1, -0.05) is 17.7 Å². The largest absolute Gasteiger partial charge is 0.480 e. The van der Waals surface area contributed by atoms with Crippen LogP contribution >= 0.6 is 11.6 Å². The van der Waals surface area contributed by atoms with Crippen molar-refractivity contribution in [2.45, 2.75) is 25.8 Å². The minimum atomic E-state index is -1.09. The molecular formula is C14H19ClN2O4. The molecule has 0 saturated heterocycles. The van der Waals surface area contributed by atoms with Crippen LogP contribution in [-0.4, -0.2) is 36.9 Å². The molecule has 116 valence electrons. The van der Waals surface area contributed by atoms with E-state index in [1.165, 1.54) is 7.11 Å². The Hall–Kier alpha value is -1.79. The Kier molecular flexibility index (Phi) is 6.98. The maximum atomic E-state index is 11.8. The van der Waals surface area contributed by atoms with Crippen LogP contribution in [0.3, 0.4) is 0 Å². The lowest BCUT2D eigenvalue weighted by Gasteiger charge is -2.15. The van der Waals surface area contributed by atoms with Gasteiger partial charge in [0.1, 0.15) is 6.04 Å². The van der Waals surface area contributed by atoms with Crippen molar-refractivity contribution in [3.63, 3.8) is 0 Å². The van der Waals surface area contributed by atoms with Gasteiger partial charge in [0.2, 0.25) is 0 Å². The first-order valence-electron chi connectivity index (χ1n) is 6.49. The number of hydrogen-bond acceptors (Lipinski definition) is 3. The van der Waals surface area contributed by atoms with E-state index in [-0.39, 0.29) is 6.42 Å². The maximum Gasteiger partial charge on any atom is 0.326 e. The van der Waals surface area contributed by atoms with E-state index >= 15 is 0 Å². The molecule has 0 fully saturated rings. The Bertz CT molecular complexity index is 508. The molecule has 0 spiro atoms. The molecule has 1 rings (SSSR count). The van der Waals surface area contributed by atoms with Crippen molar-refractivity contribution < 1.29 is 19.4 Å². The molecule has 0 aromatic heterocycles. The molecule has 1 unspecified atom stereocenters. The van der Waals surface area contributed by atoms with Crippen LogP contribution in [0, 0.1) is 6.92 Å². The molecule has 6 nitrogen and oxygen atoms in total. The Balaban J connectivity index is 2.61. The summed E-state index contributed by atoms with van der Waals surface area (Å²) >= 11 is 5.97. The Morgan fingerprint density at radius 1 is 1.43 bits per heavy atom. The first kappa shape index (κ1) is 17.3. The number of rotatable bonds is 7. The molecule has 0 aliphatic rings. The minimum absolute atomic E-state index is 0.290. The third-order valence-corrected chi connectivity index (χ3v) is 3.14. The summed E-state index contributed by atoms with van der Waals surface area (Å²) in [4.78, 5) is 22.9. The lowest BCUT2D eigenvalue weighted by molar-refractivity contribution is -0.139. The van der Waals surface area contributed by atoms with E-state index in [2.05, 4.69) is 10.6 Å². The highest BCUT2D eigenvalue weighted by Crippen LogP contribution is 2.22. The molecule has 0 bridgehead atoms. The smallest absolute Gasteiger partial charge is 0.326 e. The summed E-state index contributed by atoms with van der Waals surface area (Å²) in [5.74, 6) is -1.09. The Labute approximate surface area is 128 Å². The molecular weight excluding hydrogens is 296 g/mol. The van der Waals surface area contributed by atoms with Crippen LogP contribution in [-0.2, 0) is 9.53 Å². The number of methoxy groups -OCH3 is 1. The van der Waals surface area contributed by atoms with Crippen molar-refractivity contribution in [1.82, 2.24) is 5.32 Å². The van der Waals surface area contributed by atoms with E-state index in [1.54, 1.807) is 12.1 Å². The number of anilines is 1. The van der Waals surface area contributed by atoms with Crippen LogP contribution in [0.5, 0.6) is 0 Å². The zero-order chi connectivity index (χ0) is 15.8. The van der Waals surface area contributed by atoms with Crippen molar-refractivity contribution in [3.05, 3.63) is 28.8 Å². The topological polar surface area (TPSA) is 87.7 Å². The number of carboxylic acids is 1. The van der Waals surface area contributed by atoms with Gasteiger partial charge in [0.25, 0.3) is 0 Å². The lowest BCUT2D eigenvalue weighted by Crippen LogP contribution is -2.43. The number of ether oxygens (including phenoxy) is 1. The van der Waals surface area contributed by atoms with Crippen molar-refractivity contribution in [2.24, 2.45) is 0 Å². The highest BCUT2D eigenvalue weighted by atomic mass is 35.5. The molecule has 0 aliphatic heterocycles. The van der Waals surface area contributed by atoms with Crippen molar-refractivity contribution in [3.8, 4) is 0 Å². The summed E-state index contributed by atoms with van der Waals surface area (Å²) in [5, 5.41) is 14.4. The number of carbonyl (C=O) groups is 2. The van der Waals surface area contributed by atoms with Crippen LogP contribution in [0.25, 0.3) is 0 Å². The summed E-state index contributed by atoms with van der Waals surface area (Å²) in [5.41, 5.74) is 1.37. The molecule has 0 saturated carbocycles. The number of aryl methyl sites for hydroxylation is 1. The predicted molar refractivity (Wildman–Crippen MR) is 80.9 cm³/mol. The number of nitrogens with one attached hydrogen (secondary N) is 2. The fraction of sp³-hybridized carbons (Fsp3) is 0.429. The molecule has 0 heterocycles. The number of aliphatic carboxylic acids is 1. The normalized spacial score (nSPS) is 11.8. The monoisotopic (exact) mass is 314 g/mol. The predicted octanol–water partition coefficient (Wildman–Crippen LogP) is 2.65. The zero-order valence-corrected chi connectivity index (χ0v) is 12.7.